The molecule has 8 nitrogen and oxygen atoms in total. The number of nitrogens with zero attached hydrogens (tertiary/aromatic N) is 4. The second kappa shape index (κ2) is 9.84. The molecule has 176 valence electrons. The van der Waals surface area contributed by atoms with E-state index >= 15 is 0 Å². The Balaban J connectivity index is 1.45. The molecule has 0 bridgehead atoms. The van der Waals surface area contributed by atoms with E-state index in [1.807, 2.05) is 51.2 Å². The third-order valence-corrected chi connectivity index (χ3v) is 7.34. The second-order valence-corrected chi connectivity index (χ2v) is 10.0. The van der Waals surface area contributed by atoms with Crippen LogP contribution in [0.2, 0.25) is 0 Å². The number of benzene rings is 2. The second-order valence-electron chi connectivity index (χ2n) is 8.06. The van der Waals surface area contributed by atoms with Crippen LogP contribution in [0.1, 0.15) is 20.8 Å². The molecule has 2 heterocycles. The van der Waals surface area contributed by atoms with Crippen molar-refractivity contribution in [2.24, 2.45) is 0 Å². The summed E-state index contributed by atoms with van der Waals surface area (Å²) in [7, 11) is -3.55. The van der Waals surface area contributed by atoms with Gasteiger partial charge in [-0.05, 0) is 63.2 Å². The van der Waals surface area contributed by atoms with Crippen LogP contribution in [-0.4, -0.2) is 61.4 Å². The Kier molecular flexibility index (Phi) is 6.90. The Morgan fingerprint density at radius 2 is 1.76 bits per heavy atom. The van der Waals surface area contributed by atoms with Crippen LogP contribution in [0.15, 0.2) is 65.8 Å². The Labute approximate surface area is 195 Å². The smallest absolute Gasteiger partial charge is 0.243 e. The van der Waals surface area contributed by atoms with Crippen molar-refractivity contribution in [2.45, 2.75) is 31.8 Å². The predicted octanol–water partition coefficient (Wildman–Crippen LogP) is 3.57. The Morgan fingerprint density at radius 1 is 1.03 bits per heavy atom. The molecule has 33 heavy (non-hydrogen) atoms. The number of anilines is 1. The summed E-state index contributed by atoms with van der Waals surface area (Å²) in [5.74, 6) is 1.41. The minimum absolute atomic E-state index is 0.0392. The molecule has 0 saturated carbocycles. The standard InChI is InChI=1S/C24H30N4O4S/c1-4-31-24-18-20(6-11-23(24)28-13-5-12-25-28)26-14-16-27(17-15-26)33(29,30)22-9-7-21(8-10-22)32-19(2)3/h5-13,18-19H,4,14-17H2,1-3H3. The highest BCUT2D eigenvalue weighted by Crippen LogP contribution is 2.30. The molecule has 1 saturated heterocycles. The molecule has 0 aliphatic carbocycles. The number of piperazine rings is 1. The lowest BCUT2D eigenvalue weighted by Gasteiger charge is -2.35. The first kappa shape index (κ1) is 23.1. The van der Waals surface area contributed by atoms with E-state index in [1.165, 1.54) is 0 Å². The topological polar surface area (TPSA) is 76.9 Å². The molecule has 0 unspecified atom stereocenters. The minimum Gasteiger partial charge on any atom is -0.492 e. The van der Waals surface area contributed by atoms with Gasteiger partial charge in [0.1, 0.15) is 17.2 Å². The number of rotatable bonds is 8. The summed E-state index contributed by atoms with van der Waals surface area (Å²) in [6.45, 7) is 8.39. The molecule has 0 N–H and O–H groups in total. The third kappa shape index (κ3) is 5.15. The largest absolute Gasteiger partial charge is 0.492 e. The van der Waals surface area contributed by atoms with Gasteiger partial charge in [-0.3, -0.25) is 0 Å². The van der Waals surface area contributed by atoms with Gasteiger partial charge in [-0.1, -0.05) is 0 Å². The van der Waals surface area contributed by atoms with Gasteiger partial charge >= 0.3 is 0 Å². The zero-order valence-corrected chi connectivity index (χ0v) is 20.0. The van der Waals surface area contributed by atoms with Crippen molar-refractivity contribution < 1.29 is 17.9 Å². The van der Waals surface area contributed by atoms with E-state index in [-0.39, 0.29) is 11.0 Å². The van der Waals surface area contributed by atoms with Crippen molar-refractivity contribution >= 4 is 15.7 Å². The quantitative estimate of drug-likeness (QED) is 0.501. The predicted molar refractivity (Wildman–Crippen MR) is 128 cm³/mol. The number of hydrogen-bond acceptors (Lipinski definition) is 6. The normalized spacial score (nSPS) is 15.1. The summed E-state index contributed by atoms with van der Waals surface area (Å²) in [5, 5.41) is 4.30. The van der Waals surface area contributed by atoms with Crippen molar-refractivity contribution in [3.8, 4) is 17.2 Å². The fourth-order valence-corrected chi connectivity index (χ4v) is 5.29. The zero-order chi connectivity index (χ0) is 23.4. The first-order valence-electron chi connectivity index (χ1n) is 11.2. The maximum absolute atomic E-state index is 13.1. The van der Waals surface area contributed by atoms with E-state index in [1.54, 1.807) is 39.4 Å². The van der Waals surface area contributed by atoms with E-state index in [0.717, 1.165) is 17.1 Å². The van der Waals surface area contributed by atoms with Gasteiger partial charge in [0.05, 0.1) is 17.6 Å². The van der Waals surface area contributed by atoms with Crippen LogP contribution in [0.5, 0.6) is 11.5 Å². The highest BCUT2D eigenvalue weighted by molar-refractivity contribution is 7.89. The summed E-state index contributed by atoms with van der Waals surface area (Å²) >= 11 is 0. The van der Waals surface area contributed by atoms with E-state index < -0.39 is 10.0 Å². The molecule has 9 heteroatoms. The lowest BCUT2D eigenvalue weighted by Crippen LogP contribution is -2.48. The number of sulfonamides is 1. The van der Waals surface area contributed by atoms with Gasteiger partial charge in [-0.15, -0.1) is 0 Å². The molecule has 0 radical (unpaired) electrons. The molecule has 1 aliphatic rings. The van der Waals surface area contributed by atoms with E-state index in [2.05, 4.69) is 10.00 Å². The van der Waals surface area contributed by atoms with E-state index in [9.17, 15) is 8.42 Å². The Morgan fingerprint density at radius 3 is 2.36 bits per heavy atom. The molecule has 0 atom stereocenters. The molecular weight excluding hydrogens is 440 g/mol. The van der Waals surface area contributed by atoms with Crippen LogP contribution in [-0.2, 0) is 10.0 Å². The Bertz CT molecular complexity index is 1150. The van der Waals surface area contributed by atoms with Crippen molar-refractivity contribution in [1.82, 2.24) is 14.1 Å². The Hall–Kier alpha value is -3.04. The average Bonchev–Trinajstić information content (AvgIpc) is 3.34. The van der Waals surface area contributed by atoms with Gasteiger partial charge in [0, 0.05) is 50.3 Å². The summed E-state index contributed by atoms with van der Waals surface area (Å²) < 4.78 is 41.0. The fraction of sp³-hybridized carbons (Fsp3) is 0.375. The van der Waals surface area contributed by atoms with Gasteiger partial charge in [-0.25, -0.2) is 13.1 Å². The van der Waals surface area contributed by atoms with Crippen molar-refractivity contribution in [3.63, 3.8) is 0 Å². The maximum Gasteiger partial charge on any atom is 0.243 e. The molecule has 0 spiro atoms. The van der Waals surface area contributed by atoms with Crippen LogP contribution in [0.3, 0.4) is 0 Å². The van der Waals surface area contributed by atoms with Gasteiger partial charge in [0.15, 0.2) is 0 Å². The number of aromatic nitrogens is 2. The molecule has 2 aromatic carbocycles. The molecule has 0 amide bonds. The first-order valence-corrected chi connectivity index (χ1v) is 12.6. The van der Waals surface area contributed by atoms with Crippen molar-refractivity contribution in [2.75, 3.05) is 37.7 Å². The van der Waals surface area contributed by atoms with Gasteiger partial charge in [0.25, 0.3) is 0 Å². The molecule has 1 aromatic heterocycles. The van der Waals surface area contributed by atoms with Crippen LogP contribution >= 0.6 is 0 Å². The summed E-state index contributed by atoms with van der Waals surface area (Å²) in [6, 6.07) is 14.5. The van der Waals surface area contributed by atoms with Crippen LogP contribution in [0.25, 0.3) is 5.69 Å². The molecule has 1 aliphatic heterocycles. The van der Waals surface area contributed by atoms with Gasteiger partial charge in [-0.2, -0.15) is 9.40 Å². The average molecular weight is 471 g/mol. The first-order chi connectivity index (χ1) is 15.9. The van der Waals surface area contributed by atoms with Crippen molar-refractivity contribution in [3.05, 3.63) is 60.9 Å². The zero-order valence-electron chi connectivity index (χ0n) is 19.2. The lowest BCUT2D eigenvalue weighted by molar-refractivity contribution is 0.242. The highest BCUT2D eigenvalue weighted by Gasteiger charge is 2.29. The SMILES string of the molecule is CCOc1cc(N2CCN(S(=O)(=O)c3ccc(OC(C)C)cc3)CC2)ccc1-n1cccn1. The molecule has 4 rings (SSSR count). The van der Waals surface area contributed by atoms with Crippen molar-refractivity contribution in [1.29, 1.82) is 0 Å². The third-order valence-electron chi connectivity index (χ3n) is 5.43. The lowest BCUT2D eigenvalue weighted by atomic mass is 10.2. The molecular formula is C24H30N4O4S. The van der Waals surface area contributed by atoms with Crippen LogP contribution in [0, 0.1) is 0 Å². The number of hydrogen-bond donors (Lipinski definition) is 0. The summed E-state index contributed by atoms with van der Waals surface area (Å²) in [6.07, 6.45) is 3.65. The van der Waals surface area contributed by atoms with Gasteiger partial charge in [0.2, 0.25) is 10.0 Å². The maximum atomic E-state index is 13.1. The fourth-order valence-electron chi connectivity index (χ4n) is 3.87. The molecule has 3 aromatic rings. The molecule has 1 fully saturated rings. The van der Waals surface area contributed by atoms with E-state index in [4.69, 9.17) is 9.47 Å². The van der Waals surface area contributed by atoms with Gasteiger partial charge < -0.3 is 14.4 Å². The highest BCUT2D eigenvalue weighted by atomic mass is 32.2. The summed E-state index contributed by atoms with van der Waals surface area (Å²) in [5.41, 5.74) is 1.87. The number of ether oxygens (including phenoxy) is 2. The monoisotopic (exact) mass is 470 g/mol. The summed E-state index contributed by atoms with van der Waals surface area (Å²) in [4.78, 5) is 2.47. The van der Waals surface area contributed by atoms with E-state index in [0.29, 0.717) is 38.5 Å². The van der Waals surface area contributed by atoms with Crippen LogP contribution in [0.4, 0.5) is 5.69 Å². The van der Waals surface area contributed by atoms with Crippen LogP contribution < -0.4 is 14.4 Å². The minimum atomic E-state index is -3.55.